The molecule has 1 fully saturated rings. The van der Waals surface area contributed by atoms with Gasteiger partial charge in [-0.3, -0.25) is 4.57 Å². The van der Waals surface area contributed by atoms with E-state index in [2.05, 4.69) is 21.5 Å². The van der Waals surface area contributed by atoms with Crippen molar-refractivity contribution in [2.75, 3.05) is 12.3 Å². The van der Waals surface area contributed by atoms with Gasteiger partial charge in [-0.15, -0.1) is 0 Å². The van der Waals surface area contributed by atoms with Crippen molar-refractivity contribution in [2.45, 2.75) is 18.4 Å². The summed E-state index contributed by atoms with van der Waals surface area (Å²) >= 11 is 5.94. The molecule has 4 N–H and O–H groups in total. The number of hydrogen-bond acceptors (Lipinski definition) is 7. The number of aliphatic hydroxyl groups is 2. The molecule has 2 aromatic rings. The highest BCUT2D eigenvalue weighted by atomic mass is 35.5. The molecule has 106 valence electrons. The standard InChI is InChI=1S/C11H12ClN5O3/c1-4-7(19)5(2-18)20-10(4)17-3-14-6-8(12)15-11(13)16-9(6)17/h3,5,7,10,18-19H,1-2H2,(H2,13,15,16)/t5-,7+,10-/m1/s1. The lowest BCUT2D eigenvalue weighted by Gasteiger charge is -2.14. The van der Waals surface area contributed by atoms with Crippen molar-refractivity contribution < 1.29 is 14.9 Å². The van der Waals surface area contributed by atoms with E-state index in [0.717, 1.165) is 0 Å². The Hall–Kier alpha value is -1.74. The average Bonchev–Trinajstić information content (AvgIpc) is 2.93. The minimum absolute atomic E-state index is 0.00659. The first-order chi connectivity index (χ1) is 9.52. The molecule has 3 rings (SSSR count). The lowest BCUT2D eigenvalue weighted by molar-refractivity contribution is -0.0422. The number of nitrogen functional groups attached to an aromatic ring is 1. The van der Waals surface area contributed by atoms with Gasteiger partial charge in [0.1, 0.15) is 17.7 Å². The molecule has 0 spiro atoms. The van der Waals surface area contributed by atoms with Gasteiger partial charge in [-0.1, -0.05) is 18.2 Å². The number of hydrogen-bond donors (Lipinski definition) is 3. The maximum atomic E-state index is 9.91. The van der Waals surface area contributed by atoms with Crippen molar-refractivity contribution in [1.82, 2.24) is 19.5 Å². The van der Waals surface area contributed by atoms with Crippen LogP contribution in [-0.2, 0) is 4.74 Å². The maximum absolute atomic E-state index is 9.91. The van der Waals surface area contributed by atoms with E-state index in [1.54, 1.807) is 4.57 Å². The zero-order valence-electron chi connectivity index (χ0n) is 10.3. The molecular weight excluding hydrogens is 286 g/mol. The van der Waals surface area contributed by atoms with Crippen molar-refractivity contribution in [3.63, 3.8) is 0 Å². The van der Waals surface area contributed by atoms with Gasteiger partial charge in [0.15, 0.2) is 17.0 Å². The third kappa shape index (κ3) is 1.85. The number of nitrogens with zero attached hydrogens (tertiary/aromatic N) is 4. The third-order valence-corrected chi connectivity index (χ3v) is 3.45. The Bertz CT molecular complexity index is 688. The van der Waals surface area contributed by atoms with E-state index in [4.69, 9.17) is 27.2 Å². The van der Waals surface area contributed by atoms with Gasteiger partial charge in [-0.2, -0.15) is 9.97 Å². The minimum Gasteiger partial charge on any atom is -0.394 e. The maximum Gasteiger partial charge on any atom is 0.223 e. The summed E-state index contributed by atoms with van der Waals surface area (Å²) in [5, 5.41) is 19.2. The Labute approximate surface area is 118 Å². The molecule has 1 saturated heterocycles. The molecule has 8 nitrogen and oxygen atoms in total. The minimum atomic E-state index is -0.961. The van der Waals surface area contributed by atoms with Crippen LogP contribution >= 0.6 is 11.6 Å². The second kappa shape index (κ2) is 4.67. The van der Waals surface area contributed by atoms with Crippen LogP contribution < -0.4 is 5.73 Å². The lowest BCUT2D eigenvalue weighted by atomic mass is 10.1. The van der Waals surface area contributed by atoms with E-state index in [1.165, 1.54) is 6.33 Å². The van der Waals surface area contributed by atoms with E-state index in [-0.39, 0.29) is 17.7 Å². The third-order valence-electron chi connectivity index (χ3n) is 3.18. The van der Waals surface area contributed by atoms with Gasteiger partial charge in [0.05, 0.1) is 12.9 Å². The fraction of sp³-hybridized carbons (Fsp3) is 0.364. The number of halogens is 1. The van der Waals surface area contributed by atoms with Crippen LogP contribution in [0.3, 0.4) is 0 Å². The quantitative estimate of drug-likeness (QED) is 0.521. The summed E-state index contributed by atoms with van der Waals surface area (Å²) in [5.74, 6) is 0.00659. The highest BCUT2D eigenvalue weighted by Crippen LogP contribution is 2.35. The summed E-state index contributed by atoms with van der Waals surface area (Å²) in [6.45, 7) is 3.46. The number of nitrogens with two attached hydrogens (primary N) is 1. The monoisotopic (exact) mass is 297 g/mol. The number of imidazole rings is 1. The van der Waals surface area contributed by atoms with Gasteiger partial charge in [0, 0.05) is 5.57 Å². The zero-order chi connectivity index (χ0) is 14.4. The average molecular weight is 298 g/mol. The van der Waals surface area contributed by atoms with Crippen LogP contribution in [0.2, 0.25) is 5.15 Å². The highest BCUT2D eigenvalue weighted by Gasteiger charge is 2.39. The second-order valence-corrected chi connectivity index (χ2v) is 4.78. The Morgan fingerprint density at radius 3 is 2.90 bits per heavy atom. The number of rotatable bonds is 2. The second-order valence-electron chi connectivity index (χ2n) is 4.43. The molecule has 2 aromatic heterocycles. The number of fused-ring (bicyclic) bond motifs is 1. The fourth-order valence-electron chi connectivity index (χ4n) is 2.17. The van der Waals surface area contributed by atoms with Crippen molar-refractivity contribution in [1.29, 1.82) is 0 Å². The van der Waals surface area contributed by atoms with Crippen molar-refractivity contribution in [3.8, 4) is 0 Å². The Morgan fingerprint density at radius 2 is 2.25 bits per heavy atom. The van der Waals surface area contributed by atoms with Gasteiger partial charge in [-0.05, 0) is 0 Å². The molecule has 0 aromatic carbocycles. The first-order valence-electron chi connectivity index (χ1n) is 5.81. The molecule has 0 saturated carbocycles. The number of anilines is 1. The fourth-order valence-corrected chi connectivity index (χ4v) is 2.39. The molecule has 1 aliphatic rings. The number of aromatic nitrogens is 4. The van der Waals surface area contributed by atoms with E-state index >= 15 is 0 Å². The summed E-state index contributed by atoms with van der Waals surface area (Å²) in [6, 6.07) is 0. The summed E-state index contributed by atoms with van der Waals surface area (Å²) in [6.07, 6.45) is -0.943. The normalized spacial score (nSPS) is 26.6. The zero-order valence-corrected chi connectivity index (χ0v) is 11.0. The predicted octanol–water partition coefficient (Wildman–Crippen LogP) is -0.131. The smallest absolute Gasteiger partial charge is 0.223 e. The van der Waals surface area contributed by atoms with Crippen LogP contribution in [0.1, 0.15) is 6.23 Å². The first kappa shape index (κ1) is 13.3. The summed E-state index contributed by atoms with van der Waals surface area (Å²) in [4.78, 5) is 12.0. The Kier molecular flexibility index (Phi) is 3.09. The van der Waals surface area contributed by atoms with Crippen LogP contribution in [0.4, 0.5) is 5.95 Å². The molecule has 3 heterocycles. The van der Waals surface area contributed by atoms with Crippen LogP contribution in [0.15, 0.2) is 18.5 Å². The van der Waals surface area contributed by atoms with Crippen LogP contribution in [0, 0.1) is 0 Å². The molecule has 1 aliphatic heterocycles. The van der Waals surface area contributed by atoms with Crippen LogP contribution in [0.5, 0.6) is 0 Å². The topological polar surface area (TPSA) is 119 Å². The van der Waals surface area contributed by atoms with E-state index in [0.29, 0.717) is 16.7 Å². The number of ether oxygens (including phenoxy) is 1. The van der Waals surface area contributed by atoms with E-state index in [9.17, 15) is 5.11 Å². The van der Waals surface area contributed by atoms with Crippen molar-refractivity contribution >= 4 is 28.7 Å². The highest BCUT2D eigenvalue weighted by molar-refractivity contribution is 6.33. The molecule has 3 atom stereocenters. The summed E-state index contributed by atoms with van der Waals surface area (Å²) in [7, 11) is 0. The van der Waals surface area contributed by atoms with Gasteiger partial charge in [-0.25, -0.2) is 4.98 Å². The van der Waals surface area contributed by atoms with Gasteiger partial charge < -0.3 is 20.7 Å². The molecule has 0 bridgehead atoms. The molecule has 0 unspecified atom stereocenters. The molecule has 0 amide bonds. The molecule has 9 heteroatoms. The van der Waals surface area contributed by atoms with Gasteiger partial charge >= 0.3 is 0 Å². The SMILES string of the molecule is C=C1[C@H](n2cnc3c(Cl)nc(N)nc32)O[C@H](CO)[C@H]1O. The summed E-state index contributed by atoms with van der Waals surface area (Å²) in [5.41, 5.74) is 6.71. The van der Waals surface area contributed by atoms with Gasteiger partial charge in [0.2, 0.25) is 5.95 Å². The van der Waals surface area contributed by atoms with E-state index in [1.807, 2.05) is 0 Å². The first-order valence-corrected chi connectivity index (χ1v) is 6.19. The molecule has 20 heavy (non-hydrogen) atoms. The van der Waals surface area contributed by atoms with Crippen LogP contribution in [0.25, 0.3) is 11.2 Å². The van der Waals surface area contributed by atoms with Crippen LogP contribution in [-0.4, -0.2) is 48.5 Å². The molecule has 0 radical (unpaired) electrons. The van der Waals surface area contributed by atoms with E-state index < -0.39 is 18.4 Å². The van der Waals surface area contributed by atoms with Gasteiger partial charge in [0.25, 0.3) is 0 Å². The van der Waals surface area contributed by atoms with Crippen molar-refractivity contribution in [3.05, 3.63) is 23.6 Å². The molecule has 0 aliphatic carbocycles. The molecular formula is C11H12ClN5O3. The predicted molar refractivity (Wildman–Crippen MR) is 70.9 cm³/mol. The van der Waals surface area contributed by atoms with Crippen molar-refractivity contribution in [2.24, 2.45) is 0 Å². The number of aliphatic hydroxyl groups excluding tert-OH is 2. The summed E-state index contributed by atoms with van der Waals surface area (Å²) < 4.78 is 7.09. The largest absolute Gasteiger partial charge is 0.394 e. The Balaban J connectivity index is 2.09. The lowest BCUT2D eigenvalue weighted by Crippen LogP contribution is -2.25. The Morgan fingerprint density at radius 1 is 1.50 bits per heavy atom.